The molecule has 2 rings (SSSR count). The van der Waals surface area contributed by atoms with Gasteiger partial charge in [-0.15, -0.1) is 0 Å². The summed E-state index contributed by atoms with van der Waals surface area (Å²) in [6, 6.07) is 0. The summed E-state index contributed by atoms with van der Waals surface area (Å²) >= 11 is 0. The highest BCUT2D eigenvalue weighted by molar-refractivity contribution is 4.96. The second kappa shape index (κ2) is 5.41. The van der Waals surface area contributed by atoms with Crippen LogP contribution in [0.2, 0.25) is 0 Å². The first-order valence-corrected chi connectivity index (χ1v) is 6.08. The van der Waals surface area contributed by atoms with Gasteiger partial charge in [0, 0.05) is 12.3 Å². The van der Waals surface area contributed by atoms with Crippen molar-refractivity contribution in [1.29, 1.82) is 0 Å². The SMILES string of the molecule is CCN1CCC(c2nc(CCN)no2)CC1. The lowest BCUT2D eigenvalue weighted by Crippen LogP contribution is -2.32. The Morgan fingerprint density at radius 2 is 2.19 bits per heavy atom. The summed E-state index contributed by atoms with van der Waals surface area (Å²) in [6.07, 6.45) is 2.95. The van der Waals surface area contributed by atoms with E-state index in [-0.39, 0.29) is 0 Å². The highest BCUT2D eigenvalue weighted by atomic mass is 16.5. The lowest BCUT2D eigenvalue weighted by Gasteiger charge is -2.28. The van der Waals surface area contributed by atoms with Crippen LogP contribution in [0.25, 0.3) is 0 Å². The van der Waals surface area contributed by atoms with Crippen LogP contribution in [0.1, 0.15) is 37.4 Å². The Hall–Kier alpha value is -0.940. The Kier molecular flexibility index (Phi) is 3.90. The first kappa shape index (κ1) is 11.5. The lowest BCUT2D eigenvalue weighted by molar-refractivity contribution is 0.202. The molecular formula is C11H20N4O. The van der Waals surface area contributed by atoms with E-state index in [0.717, 1.165) is 44.2 Å². The summed E-state index contributed by atoms with van der Waals surface area (Å²) in [6.45, 7) is 6.18. The summed E-state index contributed by atoms with van der Waals surface area (Å²) in [5.41, 5.74) is 5.46. The summed E-state index contributed by atoms with van der Waals surface area (Å²) < 4.78 is 5.29. The summed E-state index contributed by atoms with van der Waals surface area (Å²) in [5.74, 6) is 2.00. The minimum Gasteiger partial charge on any atom is -0.339 e. The fourth-order valence-electron chi connectivity index (χ4n) is 2.16. The average Bonchev–Trinajstić information content (AvgIpc) is 2.78. The Bertz CT molecular complexity index is 318. The van der Waals surface area contributed by atoms with E-state index in [0.29, 0.717) is 18.9 Å². The largest absolute Gasteiger partial charge is 0.339 e. The third kappa shape index (κ3) is 2.59. The molecule has 1 aliphatic rings. The summed E-state index contributed by atoms with van der Waals surface area (Å²) in [7, 11) is 0. The van der Waals surface area contributed by atoms with Gasteiger partial charge in [-0.25, -0.2) is 0 Å². The maximum absolute atomic E-state index is 5.46. The first-order chi connectivity index (χ1) is 7.83. The van der Waals surface area contributed by atoms with Crippen LogP contribution < -0.4 is 5.73 Å². The predicted octanol–water partition coefficient (Wildman–Crippen LogP) is 0.770. The monoisotopic (exact) mass is 224 g/mol. The van der Waals surface area contributed by atoms with Crippen LogP contribution in [0.4, 0.5) is 0 Å². The van der Waals surface area contributed by atoms with Crippen LogP contribution in [0, 0.1) is 0 Å². The van der Waals surface area contributed by atoms with Gasteiger partial charge in [0.25, 0.3) is 0 Å². The zero-order valence-corrected chi connectivity index (χ0v) is 9.85. The van der Waals surface area contributed by atoms with E-state index in [9.17, 15) is 0 Å². The topological polar surface area (TPSA) is 68.2 Å². The number of likely N-dealkylation sites (tertiary alicyclic amines) is 1. The molecule has 0 aromatic carbocycles. The molecule has 1 aromatic rings. The number of nitrogens with two attached hydrogens (primary N) is 1. The fourth-order valence-corrected chi connectivity index (χ4v) is 2.16. The van der Waals surface area contributed by atoms with E-state index < -0.39 is 0 Å². The molecule has 1 saturated heterocycles. The zero-order valence-electron chi connectivity index (χ0n) is 9.85. The van der Waals surface area contributed by atoms with Gasteiger partial charge < -0.3 is 15.2 Å². The van der Waals surface area contributed by atoms with E-state index in [1.807, 2.05) is 0 Å². The van der Waals surface area contributed by atoms with Gasteiger partial charge >= 0.3 is 0 Å². The van der Waals surface area contributed by atoms with E-state index in [2.05, 4.69) is 22.0 Å². The Morgan fingerprint density at radius 1 is 1.44 bits per heavy atom. The highest BCUT2D eigenvalue weighted by Crippen LogP contribution is 2.26. The number of aromatic nitrogens is 2. The molecule has 1 aliphatic heterocycles. The van der Waals surface area contributed by atoms with E-state index in [1.54, 1.807) is 0 Å². The maximum Gasteiger partial charge on any atom is 0.229 e. The van der Waals surface area contributed by atoms with Gasteiger partial charge in [0.05, 0.1) is 0 Å². The Morgan fingerprint density at radius 3 is 2.81 bits per heavy atom. The maximum atomic E-state index is 5.46. The van der Waals surface area contributed by atoms with Crippen molar-refractivity contribution in [3.8, 4) is 0 Å². The van der Waals surface area contributed by atoms with Crippen LogP contribution in [0.3, 0.4) is 0 Å². The molecule has 5 heteroatoms. The van der Waals surface area contributed by atoms with Crippen molar-refractivity contribution < 1.29 is 4.52 Å². The van der Waals surface area contributed by atoms with Crippen molar-refractivity contribution >= 4 is 0 Å². The molecule has 1 fully saturated rings. The molecule has 16 heavy (non-hydrogen) atoms. The number of piperidine rings is 1. The van der Waals surface area contributed by atoms with Crippen molar-refractivity contribution in [3.05, 3.63) is 11.7 Å². The van der Waals surface area contributed by atoms with Gasteiger partial charge in [-0.05, 0) is 39.0 Å². The summed E-state index contributed by atoms with van der Waals surface area (Å²) in [5, 5.41) is 3.94. The lowest BCUT2D eigenvalue weighted by atomic mass is 9.97. The fraction of sp³-hybridized carbons (Fsp3) is 0.818. The van der Waals surface area contributed by atoms with Gasteiger partial charge in [0.2, 0.25) is 5.89 Å². The Balaban J connectivity index is 1.92. The minimum absolute atomic E-state index is 0.446. The third-order valence-corrected chi connectivity index (χ3v) is 3.24. The van der Waals surface area contributed by atoms with Gasteiger partial charge in [0.15, 0.2) is 5.82 Å². The molecule has 90 valence electrons. The molecular weight excluding hydrogens is 204 g/mol. The van der Waals surface area contributed by atoms with E-state index >= 15 is 0 Å². The van der Waals surface area contributed by atoms with Gasteiger partial charge in [-0.1, -0.05) is 12.1 Å². The number of rotatable bonds is 4. The smallest absolute Gasteiger partial charge is 0.229 e. The van der Waals surface area contributed by atoms with Crippen LogP contribution in [0.5, 0.6) is 0 Å². The van der Waals surface area contributed by atoms with Crippen molar-refractivity contribution in [3.63, 3.8) is 0 Å². The average molecular weight is 224 g/mol. The molecule has 5 nitrogen and oxygen atoms in total. The van der Waals surface area contributed by atoms with Gasteiger partial charge in [-0.3, -0.25) is 0 Å². The molecule has 0 saturated carbocycles. The standard InChI is InChI=1S/C11H20N4O/c1-2-15-7-4-9(5-8-15)11-13-10(3-6-12)14-16-11/h9H,2-8,12H2,1H3. The molecule has 0 unspecified atom stereocenters. The quantitative estimate of drug-likeness (QED) is 0.818. The number of nitrogens with zero attached hydrogens (tertiary/aromatic N) is 3. The molecule has 0 amide bonds. The Labute approximate surface area is 96.0 Å². The van der Waals surface area contributed by atoms with Crippen LogP contribution in [-0.4, -0.2) is 41.2 Å². The molecule has 0 spiro atoms. The predicted molar refractivity (Wildman–Crippen MR) is 61.1 cm³/mol. The minimum atomic E-state index is 0.446. The second-order valence-electron chi connectivity index (χ2n) is 4.30. The van der Waals surface area contributed by atoms with Crippen LogP contribution in [-0.2, 0) is 6.42 Å². The van der Waals surface area contributed by atoms with E-state index in [1.165, 1.54) is 0 Å². The van der Waals surface area contributed by atoms with Crippen molar-refractivity contribution in [2.75, 3.05) is 26.2 Å². The molecule has 0 bridgehead atoms. The van der Waals surface area contributed by atoms with Crippen LogP contribution >= 0.6 is 0 Å². The van der Waals surface area contributed by atoms with Gasteiger partial charge in [0.1, 0.15) is 0 Å². The number of hydrogen-bond donors (Lipinski definition) is 1. The van der Waals surface area contributed by atoms with Gasteiger partial charge in [-0.2, -0.15) is 4.98 Å². The molecule has 1 aromatic heterocycles. The highest BCUT2D eigenvalue weighted by Gasteiger charge is 2.24. The van der Waals surface area contributed by atoms with Crippen LogP contribution in [0.15, 0.2) is 4.52 Å². The molecule has 2 N–H and O–H groups in total. The van der Waals surface area contributed by atoms with Crippen molar-refractivity contribution in [2.24, 2.45) is 5.73 Å². The molecule has 0 radical (unpaired) electrons. The normalized spacial score (nSPS) is 19.1. The van der Waals surface area contributed by atoms with E-state index in [4.69, 9.17) is 10.3 Å². The second-order valence-corrected chi connectivity index (χ2v) is 4.30. The zero-order chi connectivity index (χ0) is 11.4. The molecule has 0 aliphatic carbocycles. The third-order valence-electron chi connectivity index (χ3n) is 3.24. The van der Waals surface area contributed by atoms with Crippen molar-refractivity contribution in [2.45, 2.75) is 32.1 Å². The first-order valence-electron chi connectivity index (χ1n) is 6.08. The van der Waals surface area contributed by atoms with Crippen molar-refractivity contribution in [1.82, 2.24) is 15.0 Å². The summed E-state index contributed by atoms with van der Waals surface area (Å²) in [4.78, 5) is 6.85. The number of hydrogen-bond acceptors (Lipinski definition) is 5. The molecule has 0 atom stereocenters. The molecule has 2 heterocycles.